The summed E-state index contributed by atoms with van der Waals surface area (Å²) < 4.78 is 2.90. The highest BCUT2D eigenvalue weighted by atomic mass is 79.9. The van der Waals surface area contributed by atoms with E-state index in [2.05, 4.69) is 20.9 Å². The molecule has 0 saturated carbocycles. The maximum absolute atomic E-state index is 6.30. The zero-order valence-corrected chi connectivity index (χ0v) is 14.8. The highest BCUT2D eigenvalue weighted by molar-refractivity contribution is 9.10. The molecule has 0 fully saturated rings. The summed E-state index contributed by atoms with van der Waals surface area (Å²) in [6.07, 6.45) is 0. The fraction of sp³-hybridized carbons (Fsp3) is 0.133. The Hall–Kier alpha value is -0.740. The topological polar surface area (TPSA) is 17.8 Å². The molecule has 0 radical (unpaired) electrons. The van der Waals surface area contributed by atoms with Gasteiger partial charge in [-0.2, -0.15) is 0 Å². The first-order valence-corrected chi connectivity index (χ1v) is 8.23. The Kier molecular flexibility index (Phi) is 4.19. The second-order valence-corrected chi connectivity index (χ2v) is 7.03. The van der Waals surface area contributed by atoms with Gasteiger partial charge in [-0.05, 0) is 59.3 Å². The van der Waals surface area contributed by atoms with Gasteiger partial charge in [0.05, 0.1) is 22.1 Å². The van der Waals surface area contributed by atoms with Crippen molar-refractivity contribution in [1.29, 1.82) is 0 Å². The van der Waals surface area contributed by atoms with E-state index in [0.29, 0.717) is 10.0 Å². The van der Waals surface area contributed by atoms with E-state index in [-0.39, 0.29) is 5.38 Å². The van der Waals surface area contributed by atoms with Crippen LogP contribution in [0.25, 0.3) is 16.7 Å². The summed E-state index contributed by atoms with van der Waals surface area (Å²) in [5.41, 5.74) is 2.70. The quantitative estimate of drug-likeness (QED) is 0.452. The molecule has 2 nitrogen and oxygen atoms in total. The van der Waals surface area contributed by atoms with Crippen LogP contribution >= 0.6 is 50.7 Å². The summed E-state index contributed by atoms with van der Waals surface area (Å²) in [7, 11) is 0. The number of fused-ring (bicyclic) bond motifs is 1. The zero-order chi connectivity index (χ0) is 15.1. The Bertz CT molecular complexity index is 827. The van der Waals surface area contributed by atoms with E-state index in [0.717, 1.165) is 27.0 Å². The molecule has 6 heteroatoms. The van der Waals surface area contributed by atoms with Crippen molar-refractivity contribution < 1.29 is 0 Å². The van der Waals surface area contributed by atoms with Gasteiger partial charge in [-0.1, -0.05) is 23.2 Å². The summed E-state index contributed by atoms with van der Waals surface area (Å²) in [6, 6.07) is 11.2. The number of benzene rings is 2. The molecule has 1 atom stereocenters. The van der Waals surface area contributed by atoms with Crippen molar-refractivity contribution in [2.45, 2.75) is 12.3 Å². The van der Waals surface area contributed by atoms with Gasteiger partial charge in [-0.25, -0.2) is 4.98 Å². The Labute approximate surface area is 145 Å². The maximum Gasteiger partial charge on any atom is 0.132 e. The minimum absolute atomic E-state index is 0.237. The molecule has 108 valence electrons. The lowest BCUT2D eigenvalue weighted by atomic mass is 10.2. The second-order valence-electron chi connectivity index (χ2n) is 4.65. The van der Waals surface area contributed by atoms with E-state index in [1.165, 1.54) is 0 Å². The molecule has 0 aliphatic carbocycles. The summed E-state index contributed by atoms with van der Waals surface area (Å²) in [4.78, 5) is 4.61. The molecule has 1 heterocycles. The van der Waals surface area contributed by atoms with Gasteiger partial charge in [-0.3, -0.25) is 4.57 Å². The average molecular weight is 405 g/mol. The molecule has 1 unspecified atom stereocenters. The number of hydrogen-bond acceptors (Lipinski definition) is 1. The van der Waals surface area contributed by atoms with Gasteiger partial charge in [0.25, 0.3) is 0 Å². The van der Waals surface area contributed by atoms with Crippen LogP contribution in [0.1, 0.15) is 18.1 Å². The maximum atomic E-state index is 6.30. The van der Waals surface area contributed by atoms with Crippen LogP contribution in [-0.4, -0.2) is 9.55 Å². The molecule has 3 rings (SSSR count). The summed E-state index contributed by atoms with van der Waals surface area (Å²) in [5, 5.41) is 1.08. The normalized spacial score (nSPS) is 12.8. The van der Waals surface area contributed by atoms with Crippen LogP contribution in [0.3, 0.4) is 0 Å². The number of halogens is 4. The van der Waals surface area contributed by atoms with E-state index in [9.17, 15) is 0 Å². The summed E-state index contributed by atoms with van der Waals surface area (Å²) in [6.45, 7) is 1.89. The van der Waals surface area contributed by atoms with Crippen LogP contribution in [0.5, 0.6) is 0 Å². The average Bonchev–Trinajstić information content (AvgIpc) is 2.77. The molecule has 0 aliphatic rings. The molecule has 3 aromatic rings. The molecule has 1 aromatic heterocycles. The van der Waals surface area contributed by atoms with Crippen molar-refractivity contribution in [3.8, 4) is 5.69 Å². The Morgan fingerprint density at radius 3 is 2.43 bits per heavy atom. The Morgan fingerprint density at radius 1 is 1.10 bits per heavy atom. The van der Waals surface area contributed by atoms with E-state index in [1.54, 1.807) is 0 Å². The number of nitrogens with zero attached hydrogens (tertiary/aromatic N) is 2. The van der Waals surface area contributed by atoms with Gasteiger partial charge in [0.1, 0.15) is 5.82 Å². The third-order valence-electron chi connectivity index (χ3n) is 3.15. The smallest absolute Gasteiger partial charge is 0.132 e. The number of hydrogen-bond donors (Lipinski definition) is 0. The van der Waals surface area contributed by atoms with Gasteiger partial charge in [0.2, 0.25) is 0 Å². The van der Waals surface area contributed by atoms with Crippen molar-refractivity contribution >= 4 is 61.8 Å². The largest absolute Gasteiger partial charge is 0.294 e. The predicted octanol–water partition coefficient (Wildman–Crippen LogP) is 6.39. The van der Waals surface area contributed by atoms with Crippen LogP contribution in [0, 0.1) is 0 Å². The fourth-order valence-corrected chi connectivity index (χ4v) is 3.43. The standard InChI is InChI=1S/C15H10BrCl3N2/c1-8(17)15-20-12-7-10(19)3-5-14(12)21(15)13-4-2-9(18)6-11(13)16/h2-8H,1H3. The van der Waals surface area contributed by atoms with Gasteiger partial charge in [-0.15, -0.1) is 11.6 Å². The van der Waals surface area contributed by atoms with E-state index in [4.69, 9.17) is 34.8 Å². The number of imidazole rings is 1. The summed E-state index contributed by atoms with van der Waals surface area (Å²) >= 11 is 21.9. The molecular weight excluding hydrogens is 394 g/mol. The van der Waals surface area contributed by atoms with Gasteiger partial charge in [0.15, 0.2) is 0 Å². The highest BCUT2D eigenvalue weighted by Crippen LogP contribution is 2.33. The highest BCUT2D eigenvalue weighted by Gasteiger charge is 2.18. The van der Waals surface area contributed by atoms with Crippen LogP contribution in [0.15, 0.2) is 40.9 Å². The Balaban J connectivity index is 2.36. The van der Waals surface area contributed by atoms with Crippen LogP contribution in [0.2, 0.25) is 10.0 Å². The van der Waals surface area contributed by atoms with Crippen LogP contribution in [0.4, 0.5) is 0 Å². The lowest BCUT2D eigenvalue weighted by Crippen LogP contribution is -2.02. The molecule has 0 bridgehead atoms. The van der Waals surface area contributed by atoms with Gasteiger partial charge >= 0.3 is 0 Å². The van der Waals surface area contributed by atoms with Crippen molar-refractivity contribution in [2.75, 3.05) is 0 Å². The van der Waals surface area contributed by atoms with Crippen LogP contribution in [-0.2, 0) is 0 Å². The number of rotatable bonds is 2. The molecular formula is C15H10BrCl3N2. The van der Waals surface area contributed by atoms with Gasteiger partial charge < -0.3 is 0 Å². The lowest BCUT2D eigenvalue weighted by Gasteiger charge is -2.12. The molecule has 0 aliphatic heterocycles. The minimum atomic E-state index is -0.237. The SMILES string of the molecule is CC(Cl)c1nc2cc(Cl)ccc2n1-c1ccc(Cl)cc1Br. The van der Waals surface area contributed by atoms with Crippen molar-refractivity contribution in [2.24, 2.45) is 0 Å². The van der Waals surface area contributed by atoms with Crippen molar-refractivity contribution in [1.82, 2.24) is 9.55 Å². The molecule has 0 amide bonds. The minimum Gasteiger partial charge on any atom is -0.294 e. The molecule has 2 aromatic carbocycles. The van der Waals surface area contributed by atoms with E-state index < -0.39 is 0 Å². The monoisotopic (exact) mass is 402 g/mol. The molecule has 21 heavy (non-hydrogen) atoms. The Morgan fingerprint density at radius 2 is 1.76 bits per heavy atom. The first kappa shape index (κ1) is 15.2. The second kappa shape index (κ2) is 5.81. The predicted molar refractivity (Wildman–Crippen MR) is 93.1 cm³/mol. The zero-order valence-electron chi connectivity index (χ0n) is 10.9. The molecule has 0 spiro atoms. The number of alkyl halides is 1. The van der Waals surface area contributed by atoms with Crippen molar-refractivity contribution in [3.05, 3.63) is 56.7 Å². The van der Waals surface area contributed by atoms with E-state index >= 15 is 0 Å². The number of aromatic nitrogens is 2. The first-order valence-electron chi connectivity index (χ1n) is 6.25. The van der Waals surface area contributed by atoms with Gasteiger partial charge in [0, 0.05) is 14.5 Å². The van der Waals surface area contributed by atoms with E-state index in [1.807, 2.05) is 47.9 Å². The lowest BCUT2D eigenvalue weighted by molar-refractivity contribution is 0.880. The van der Waals surface area contributed by atoms with Crippen LogP contribution < -0.4 is 0 Å². The van der Waals surface area contributed by atoms with Crippen molar-refractivity contribution in [3.63, 3.8) is 0 Å². The molecule has 0 saturated heterocycles. The molecule has 0 N–H and O–H groups in total. The summed E-state index contributed by atoms with van der Waals surface area (Å²) in [5.74, 6) is 0.761. The third-order valence-corrected chi connectivity index (χ3v) is 4.45. The first-order chi connectivity index (χ1) is 9.97. The third kappa shape index (κ3) is 2.80. The fourth-order valence-electron chi connectivity index (χ4n) is 2.25.